The number of likely N-dealkylation sites (tertiary alicyclic amines) is 3. The molecule has 1 amide bonds. The highest BCUT2D eigenvalue weighted by atomic mass is 16.5. The van der Waals surface area contributed by atoms with Gasteiger partial charge in [-0.2, -0.15) is 0 Å². The van der Waals surface area contributed by atoms with Gasteiger partial charge in [-0.05, 0) is 76.3 Å². The van der Waals surface area contributed by atoms with Crippen LogP contribution in [0.4, 0.5) is 0 Å². The van der Waals surface area contributed by atoms with Gasteiger partial charge in [-0.1, -0.05) is 30.3 Å². The van der Waals surface area contributed by atoms with Crippen LogP contribution in [0.2, 0.25) is 0 Å². The molecule has 6 heteroatoms. The zero-order valence-electron chi connectivity index (χ0n) is 19.8. The topological polar surface area (TPSA) is 39.3 Å². The van der Waals surface area contributed by atoms with Crippen LogP contribution < -0.4 is 0 Å². The van der Waals surface area contributed by atoms with Crippen LogP contribution in [0.1, 0.15) is 37.7 Å². The second-order valence-electron chi connectivity index (χ2n) is 10.6. The van der Waals surface area contributed by atoms with Crippen LogP contribution in [-0.4, -0.2) is 104 Å². The van der Waals surface area contributed by atoms with E-state index in [9.17, 15) is 4.79 Å². The number of hydrogen-bond donors (Lipinski definition) is 0. The van der Waals surface area contributed by atoms with Crippen LogP contribution >= 0.6 is 0 Å². The van der Waals surface area contributed by atoms with Crippen molar-refractivity contribution >= 4 is 5.91 Å². The van der Waals surface area contributed by atoms with Crippen LogP contribution in [0, 0.1) is 5.41 Å². The molecule has 176 valence electrons. The highest BCUT2D eigenvalue weighted by Gasteiger charge is 2.48. The van der Waals surface area contributed by atoms with Crippen LogP contribution in [0.5, 0.6) is 0 Å². The third kappa shape index (κ3) is 4.89. The lowest BCUT2D eigenvalue weighted by atomic mass is 9.76. The van der Waals surface area contributed by atoms with E-state index in [1.54, 1.807) is 0 Å². The molecule has 0 radical (unpaired) electrons. The SMILES string of the molecule is CN1CC2(CCN(C3CCN(Cc4ccccc4)CC3)CC2)CC1C(=O)N1CCOCC1. The standard InChI is InChI=1S/C26H40N4O2/c1-27-21-26(19-24(27)25(31)30-15-17-32-18-16-30)9-13-29(14-10-26)23-7-11-28(12-8-23)20-22-5-3-2-4-6-22/h2-6,23-24H,7-21H2,1H3. The predicted molar refractivity (Wildman–Crippen MR) is 126 cm³/mol. The summed E-state index contributed by atoms with van der Waals surface area (Å²) in [6, 6.07) is 11.7. The Hall–Kier alpha value is -1.47. The van der Waals surface area contributed by atoms with Crippen LogP contribution in [-0.2, 0) is 16.1 Å². The summed E-state index contributed by atoms with van der Waals surface area (Å²) < 4.78 is 5.44. The zero-order valence-corrected chi connectivity index (χ0v) is 19.8. The molecule has 1 spiro atoms. The molecule has 5 rings (SSSR count). The van der Waals surface area contributed by atoms with Crippen molar-refractivity contribution in [3.05, 3.63) is 35.9 Å². The average Bonchev–Trinajstić information content (AvgIpc) is 3.16. The fraction of sp³-hybridized carbons (Fsp3) is 0.731. The molecule has 32 heavy (non-hydrogen) atoms. The van der Waals surface area contributed by atoms with Crippen LogP contribution in [0.25, 0.3) is 0 Å². The van der Waals surface area contributed by atoms with E-state index in [0.717, 1.165) is 38.6 Å². The van der Waals surface area contributed by atoms with Crippen LogP contribution in [0.15, 0.2) is 30.3 Å². The fourth-order valence-corrected chi connectivity index (χ4v) is 6.55. The Morgan fingerprint density at radius 2 is 1.69 bits per heavy atom. The monoisotopic (exact) mass is 440 g/mol. The van der Waals surface area contributed by atoms with E-state index < -0.39 is 0 Å². The van der Waals surface area contributed by atoms with E-state index >= 15 is 0 Å². The molecule has 0 saturated carbocycles. The van der Waals surface area contributed by atoms with Gasteiger partial charge in [-0.25, -0.2) is 0 Å². The van der Waals surface area contributed by atoms with Gasteiger partial charge in [-0.15, -0.1) is 0 Å². The Labute approximate surface area is 193 Å². The lowest BCUT2D eigenvalue weighted by Crippen LogP contribution is -2.50. The van der Waals surface area contributed by atoms with Gasteiger partial charge in [0.25, 0.3) is 0 Å². The van der Waals surface area contributed by atoms with E-state index in [1.807, 2.05) is 4.90 Å². The number of morpholine rings is 1. The quantitative estimate of drug-likeness (QED) is 0.719. The zero-order chi connectivity index (χ0) is 22.0. The third-order valence-corrected chi connectivity index (χ3v) is 8.53. The second-order valence-corrected chi connectivity index (χ2v) is 10.6. The van der Waals surface area contributed by atoms with Crippen molar-refractivity contribution in [2.75, 3.05) is 66.1 Å². The number of carbonyl (C=O) groups excluding carboxylic acids is 1. The highest BCUT2D eigenvalue weighted by molar-refractivity contribution is 5.82. The first-order valence-corrected chi connectivity index (χ1v) is 12.7. The molecule has 4 fully saturated rings. The summed E-state index contributed by atoms with van der Waals surface area (Å²) >= 11 is 0. The summed E-state index contributed by atoms with van der Waals surface area (Å²) in [6.07, 6.45) is 6.11. The minimum absolute atomic E-state index is 0.0703. The van der Waals surface area contributed by atoms with Crippen LogP contribution in [0.3, 0.4) is 0 Å². The van der Waals surface area contributed by atoms with Crippen molar-refractivity contribution in [2.45, 2.75) is 50.7 Å². The summed E-state index contributed by atoms with van der Waals surface area (Å²) in [6.45, 7) is 9.88. The number of rotatable bonds is 4. The summed E-state index contributed by atoms with van der Waals surface area (Å²) in [4.78, 5) is 22.9. The van der Waals surface area contributed by atoms with E-state index in [4.69, 9.17) is 4.74 Å². The van der Waals surface area contributed by atoms with Crippen molar-refractivity contribution in [1.82, 2.24) is 19.6 Å². The molecule has 0 bridgehead atoms. The third-order valence-electron chi connectivity index (χ3n) is 8.53. The largest absolute Gasteiger partial charge is 0.378 e. The van der Waals surface area contributed by atoms with Crippen molar-refractivity contribution in [3.63, 3.8) is 0 Å². The number of likely N-dealkylation sites (N-methyl/N-ethyl adjacent to an activating group) is 1. The Kier molecular flexibility index (Phi) is 6.84. The summed E-state index contributed by atoms with van der Waals surface area (Å²) in [5.41, 5.74) is 1.77. The first-order chi connectivity index (χ1) is 15.6. The molecule has 4 aliphatic heterocycles. The Bertz CT molecular complexity index is 750. The predicted octanol–water partition coefficient (Wildman–Crippen LogP) is 2.30. The van der Waals surface area contributed by atoms with E-state index in [-0.39, 0.29) is 6.04 Å². The summed E-state index contributed by atoms with van der Waals surface area (Å²) in [7, 11) is 2.16. The van der Waals surface area contributed by atoms with Crippen molar-refractivity contribution in [2.24, 2.45) is 5.41 Å². The van der Waals surface area contributed by atoms with Gasteiger partial charge in [-0.3, -0.25) is 14.6 Å². The van der Waals surface area contributed by atoms with Crippen molar-refractivity contribution < 1.29 is 9.53 Å². The molecule has 1 aromatic rings. The molecular formula is C26H40N4O2. The van der Waals surface area contributed by atoms with Gasteiger partial charge in [0.05, 0.1) is 19.3 Å². The first-order valence-electron chi connectivity index (χ1n) is 12.7. The normalized spacial score (nSPS) is 28.4. The number of piperidine rings is 2. The molecule has 1 unspecified atom stereocenters. The molecule has 4 saturated heterocycles. The van der Waals surface area contributed by atoms with E-state index in [2.05, 4.69) is 52.1 Å². The molecule has 4 aliphatic rings. The van der Waals surface area contributed by atoms with E-state index in [1.165, 1.54) is 57.4 Å². The molecule has 0 aromatic heterocycles. The lowest BCUT2D eigenvalue weighted by molar-refractivity contribution is -0.139. The van der Waals surface area contributed by atoms with Gasteiger partial charge in [0.15, 0.2) is 0 Å². The number of nitrogens with zero attached hydrogens (tertiary/aromatic N) is 4. The molecule has 4 heterocycles. The maximum atomic E-state index is 13.1. The number of carbonyl (C=O) groups is 1. The molecule has 1 atom stereocenters. The maximum absolute atomic E-state index is 13.1. The minimum atomic E-state index is 0.0703. The number of amides is 1. The van der Waals surface area contributed by atoms with Gasteiger partial charge in [0.2, 0.25) is 5.91 Å². The highest BCUT2D eigenvalue weighted by Crippen LogP contribution is 2.44. The number of hydrogen-bond acceptors (Lipinski definition) is 5. The average molecular weight is 441 g/mol. The van der Waals surface area contributed by atoms with Gasteiger partial charge < -0.3 is 14.5 Å². The minimum Gasteiger partial charge on any atom is -0.378 e. The maximum Gasteiger partial charge on any atom is 0.240 e. The van der Waals surface area contributed by atoms with E-state index in [0.29, 0.717) is 24.5 Å². The smallest absolute Gasteiger partial charge is 0.240 e. The molecule has 0 aliphatic carbocycles. The molecule has 6 nitrogen and oxygen atoms in total. The number of ether oxygens (including phenoxy) is 1. The first kappa shape index (κ1) is 22.3. The van der Waals surface area contributed by atoms with Crippen molar-refractivity contribution in [1.29, 1.82) is 0 Å². The molecule has 1 aromatic carbocycles. The number of benzene rings is 1. The Morgan fingerprint density at radius 1 is 1.00 bits per heavy atom. The van der Waals surface area contributed by atoms with Gasteiger partial charge in [0.1, 0.15) is 0 Å². The Morgan fingerprint density at radius 3 is 2.38 bits per heavy atom. The summed E-state index contributed by atoms with van der Waals surface area (Å²) in [5, 5.41) is 0. The van der Waals surface area contributed by atoms with Gasteiger partial charge >= 0.3 is 0 Å². The summed E-state index contributed by atoms with van der Waals surface area (Å²) in [5.74, 6) is 0.334. The van der Waals surface area contributed by atoms with Gasteiger partial charge in [0, 0.05) is 32.2 Å². The lowest BCUT2D eigenvalue weighted by Gasteiger charge is -2.45. The second kappa shape index (κ2) is 9.80. The molecular weight excluding hydrogens is 400 g/mol. The fourth-order valence-electron chi connectivity index (χ4n) is 6.55. The van der Waals surface area contributed by atoms with Crippen molar-refractivity contribution in [3.8, 4) is 0 Å². The molecule has 0 N–H and O–H groups in total. The Balaban J connectivity index is 1.09.